The predicted octanol–water partition coefficient (Wildman–Crippen LogP) is 1.58. The Morgan fingerprint density at radius 1 is 1.23 bits per heavy atom. The van der Waals surface area contributed by atoms with Crippen LogP contribution in [0.25, 0.3) is 0 Å². The van der Waals surface area contributed by atoms with Crippen LogP contribution in [-0.4, -0.2) is 43.3 Å². The average Bonchev–Trinajstić information content (AvgIpc) is 2.96. The van der Waals surface area contributed by atoms with E-state index in [1.165, 1.54) is 0 Å². The fraction of sp³-hybridized carbons (Fsp3) is 0.529. The first-order chi connectivity index (χ1) is 12.1. The number of hydrogen-bond donors (Lipinski definition) is 3. The van der Waals surface area contributed by atoms with Crippen molar-refractivity contribution in [1.29, 1.82) is 0 Å². The highest BCUT2D eigenvalue weighted by Crippen LogP contribution is 2.25. The summed E-state index contributed by atoms with van der Waals surface area (Å²) in [7, 11) is -3.86. The van der Waals surface area contributed by atoms with Gasteiger partial charge in [0.25, 0.3) is 0 Å². The van der Waals surface area contributed by atoms with Crippen molar-refractivity contribution in [3.05, 3.63) is 24.3 Å². The minimum atomic E-state index is -3.86. The maximum absolute atomic E-state index is 12.1. The lowest BCUT2D eigenvalue weighted by Crippen LogP contribution is -2.38. The van der Waals surface area contributed by atoms with E-state index in [1.807, 2.05) is 13.8 Å². The number of amides is 1. The molecule has 0 aromatic heterocycles. The molecule has 2 atom stereocenters. The number of benzene rings is 1. The van der Waals surface area contributed by atoms with Gasteiger partial charge < -0.3 is 15.2 Å². The minimum Gasteiger partial charge on any atom is -0.491 e. The van der Waals surface area contributed by atoms with Crippen LogP contribution >= 0.6 is 0 Å². The largest absolute Gasteiger partial charge is 0.491 e. The number of aliphatic carboxylic acids is 1. The van der Waals surface area contributed by atoms with Crippen molar-refractivity contribution in [2.75, 3.05) is 10.5 Å². The molecule has 0 saturated heterocycles. The second kappa shape index (κ2) is 8.39. The molecule has 1 aromatic rings. The number of rotatable bonds is 8. The lowest BCUT2D eigenvalue weighted by atomic mass is 10.1. The van der Waals surface area contributed by atoms with Crippen molar-refractivity contribution in [1.82, 2.24) is 5.32 Å². The highest BCUT2D eigenvalue weighted by Gasteiger charge is 2.31. The quantitative estimate of drug-likeness (QED) is 0.626. The monoisotopic (exact) mass is 384 g/mol. The van der Waals surface area contributed by atoms with Crippen molar-refractivity contribution in [3.63, 3.8) is 0 Å². The predicted molar refractivity (Wildman–Crippen MR) is 96.5 cm³/mol. The maximum atomic E-state index is 12.1. The molecule has 0 spiro atoms. The topological polar surface area (TPSA) is 122 Å². The van der Waals surface area contributed by atoms with E-state index >= 15 is 0 Å². The third-order valence-electron chi connectivity index (χ3n) is 3.97. The molecule has 26 heavy (non-hydrogen) atoms. The number of carbonyl (C=O) groups is 2. The summed E-state index contributed by atoms with van der Waals surface area (Å²) < 4.78 is 32.1. The third kappa shape index (κ3) is 6.21. The number of anilines is 1. The lowest BCUT2D eigenvalue weighted by Gasteiger charge is -2.14. The Labute approximate surface area is 153 Å². The minimum absolute atomic E-state index is 0.0116. The summed E-state index contributed by atoms with van der Waals surface area (Å²) in [6, 6.07) is 6.10. The van der Waals surface area contributed by atoms with Gasteiger partial charge in [-0.1, -0.05) is 0 Å². The standard InChI is InChI=1S/C17H24N2O6S/c1-11(2)25-15-7-5-13(6-8-15)19-26(23,24)10-16(20)18-14-4-3-12(9-14)17(21)22/h5-8,11-12,14,19H,3-4,9-10H2,1-2H3,(H,18,20)(H,21,22)/t12-,14+/m0/s1. The van der Waals surface area contributed by atoms with E-state index in [0.717, 1.165) is 0 Å². The van der Waals surface area contributed by atoms with Gasteiger partial charge in [0.2, 0.25) is 15.9 Å². The van der Waals surface area contributed by atoms with Crippen LogP contribution in [0.4, 0.5) is 5.69 Å². The molecule has 144 valence electrons. The smallest absolute Gasteiger partial charge is 0.306 e. The summed E-state index contributed by atoms with van der Waals surface area (Å²) in [6.07, 6.45) is 1.35. The number of carboxylic acid groups (broad SMARTS) is 1. The van der Waals surface area contributed by atoms with Gasteiger partial charge >= 0.3 is 5.97 Å². The first kappa shape index (κ1) is 20.0. The molecule has 1 fully saturated rings. The fourth-order valence-corrected chi connectivity index (χ4v) is 3.86. The number of nitrogens with one attached hydrogen (secondary N) is 2. The van der Waals surface area contributed by atoms with Gasteiger partial charge in [0.1, 0.15) is 11.5 Å². The Hall–Kier alpha value is -2.29. The molecule has 8 nitrogen and oxygen atoms in total. The molecule has 0 aliphatic heterocycles. The van der Waals surface area contributed by atoms with Gasteiger partial charge in [-0.05, 0) is 57.4 Å². The number of carboxylic acids is 1. The van der Waals surface area contributed by atoms with Gasteiger partial charge in [-0.15, -0.1) is 0 Å². The van der Waals surface area contributed by atoms with E-state index in [9.17, 15) is 18.0 Å². The van der Waals surface area contributed by atoms with Crippen LogP contribution in [0.2, 0.25) is 0 Å². The second-order valence-corrected chi connectivity index (χ2v) is 8.39. The third-order valence-corrected chi connectivity index (χ3v) is 5.16. The summed E-state index contributed by atoms with van der Waals surface area (Å²) >= 11 is 0. The molecule has 1 saturated carbocycles. The van der Waals surface area contributed by atoms with Gasteiger partial charge in [0.15, 0.2) is 0 Å². The SMILES string of the molecule is CC(C)Oc1ccc(NS(=O)(=O)CC(=O)N[C@@H]2CC[C@H](C(=O)O)C2)cc1. The van der Waals surface area contributed by atoms with E-state index in [4.69, 9.17) is 9.84 Å². The Morgan fingerprint density at radius 3 is 2.42 bits per heavy atom. The molecular weight excluding hydrogens is 360 g/mol. The first-order valence-corrected chi connectivity index (χ1v) is 10.1. The molecule has 0 bridgehead atoms. The molecule has 0 unspecified atom stereocenters. The van der Waals surface area contributed by atoms with Crippen LogP contribution in [-0.2, 0) is 19.6 Å². The maximum Gasteiger partial charge on any atom is 0.306 e. The first-order valence-electron chi connectivity index (χ1n) is 8.44. The van der Waals surface area contributed by atoms with Crippen LogP contribution in [0.1, 0.15) is 33.1 Å². The Bertz CT molecular complexity index is 745. The number of ether oxygens (including phenoxy) is 1. The van der Waals surface area contributed by atoms with Crippen LogP contribution in [0, 0.1) is 5.92 Å². The fourth-order valence-electron chi connectivity index (χ4n) is 2.87. The summed E-state index contributed by atoms with van der Waals surface area (Å²) in [5.74, 6) is -2.11. The molecular formula is C17H24N2O6S. The molecule has 9 heteroatoms. The molecule has 2 rings (SSSR count). The summed E-state index contributed by atoms with van der Waals surface area (Å²) in [5.41, 5.74) is 0.334. The zero-order valence-electron chi connectivity index (χ0n) is 14.8. The van der Waals surface area contributed by atoms with Crippen molar-refractivity contribution in [2.45, 2.75) is 45.3 Å². The molecule has 1 amide bonds. The van der Waals surface area contributed by atoms with Crippen molar-refractivity contribution < 1.29 is 27.9 Å². The van der Waals surface area contributed by atoms with E-state index < -0.39 is 33.6 Å². The van der Waals surface area contributed by atoms with Crippen LogP contribution < -0.4 is 14.8 Å². The van der Waals surface area contributed by atoms with Crippen molar-refractivity contribution >= 4 is 27.6 Å². The van der Waals surface area contributed by atoms with Crippen LogP contribution in [0.5, 0.6) is 5.75 Å². The van der Waals surface area contributed by atoms with Gasteiger partial charge in [-0.25, -0.2) is 8.42 Å². The molecule has 0 heterocycles. The lowest BCUT2D eigenvalue weighted by molar-refractivity contribution is -0.141. The Kier molecular flexibility index (Phi) is 6.47. The van der Waals surface area contributed by atoms with Gasteiger partial charge in [0, 0.05) is 11.7 Å². The summed E-state index contributed by atoms with van der Waals surface area (Å²) in [4.78, 5) is 22.9. The zero-order valence-corrected chi connectivity index (χ0v) is 15.6. The van der Waals surface area contributed by atoms with Crippen LogP contribution in [0.3, 0.4) is 0 Å². The molecule has 1 aliphatic rings. The Balaban J connectivity index is 1.86. The summed E-state index contributed by atoms with van der Waals surface area (Å²) in [6.45, 7) is 3.77. The number of carbonyl (C=O) groups excluding carboxylic acids is 1. The van der Waals surface area contributed by atoms with Gasteiger partial charge in [-0.3, -0.25) is 14.3 Å². The molecule has 0 radical (unpaired) electrons. The molecule has 1 aliphatic carbocycles. The van der Waals surface area contributed by atoms with Gasteiger partial charge in [0.05, 0.1) is 12.0 Å². The summed E-state index contributed by atoms with van der Waals surface area (Å²) in [5, 5.41) is 11.6. The normalized spacial score (nSPS) is 20.0. The van der Waals surface area contributed by atoms with Crippen molar-refractivity contribution in [3.8, 4) is 5.75 Å². The van der Waals surface area contributed by atoms with E-state index in [0.29, 0.717) is 30.7 Å². The Morgan fingerprint density at radius 2 is 1.88 bits per heavy atom. The van der Waals surface area contributed by atoms with E-state index in [-0.39, 0.29) is 12.1 Å². The molecule has 3 N–H and O–H groups in total. The second-order valence-electron chi connectivity index (χ2n) is 6.66. The highest BCUT2D eigenvalue weighted by molar-refractivity contribution is 7.93. The van der Waals surface area contributed by atoms with Crippen LogP contribution in [0.15, 0.2) is 24.3 Å². The number of sulfonamides is 1. The number of hydrogen-bond acceptors (Lipinski definition) is 5. The van der Waals surface area contributed by atoms with E-state index in [2.05, 4.69) is 10.0 Å². The van der Waals surface area contributed by atoms with E-state index in [1.54, 1.807) is 24.3 Å². The average molecular weight is 384 g/mol. The molecule has 1 aromatic carbocycles. The highest BCUT2D eigenvalue weighted by atomic mass is 32.2. The zero-order chi connectivity index (χ0) is 19.3. The van der Waals surface area contributed by atoms with Gasteiger partial charge in [-0.2, -0.15) is 0 Å². The van der Waals surface area contributed by atoms with Crippen molar-refractivity contribution in [2.24, 2.45) is 5.92 Å².